The number of halogens is 2. The zero-order valence-electron chi connectivity index (χ0n) is 7.50. The molecule has 0 aliphatic heterocycles. The Bertz CT molecular complexity index is 662. The van der Waals surface area contributed by atoms with Crippen molar-refractivity contribution in [1.29, 1.82) is 0 Å². The molecule has 0 bridgehead atoms. The van der Waals surface area contributed by atoms with Crippen LogP contribution in [-0.4, -0.2) is 4.98 Å². The van der Waals surface area contributed by atoms with Crippen molar-refractivity contribution in [2.24, 2.45) is 0 Å². The predicted molar refractivity (Wildman–Crippen MR) is 64.2 cm³/mol. The lowest BCUT2D eigenvalue weighted by Gasteiger charge is -1.94. The van der Waals surface area contributed by atoms with Gasteiger partial charge in [-0.25, -0.2) is 4.98 Å². The molecule has 0 amide bonds. The number of furan rings is 1. The van der Waals surface area contributed by atoms with Crippen LogP contribution in [0.2, 0.25) is 5.02 Å². The van der Waals surface area contributed by atoms with Crippen molar-refractivity contribution < 1.29 is 4.42 Å². The fourth-order valence-corrected chi connectivity index (χ4v) is 2.65. The van der Waals surface area contributed by atoms with Gasteiger partial charge in [0.25, 0.3) is 0 Å². The summed E-state index contributed by atoms with van der Waals surface area (Å²) in [6.45, 7) is 0. The first-order chi connectivity index (χ1) is 7.25. The molecule has 0 saturated carbocycles. The molecule has 74 valence electrons. The molecule has 1 aromatic carbocycles. The highest BCUT2D eigenvalue weighted by atomic mass is 79.9. The van der Waals surface area contributed by atoms with E-state index in [9.17, 15) is 0 Å². The number of benzene rings is 1. The van der Waals surface area contributed by atoms with Gasteiger partial charge in [0, 0.05) is 32.5 Å². The summed E-state index contributed by atoms with van der Waals surface area (Å²) in [5, 5.41) is 2.66. The first-order valence-electron chi connectivity index (χ1n) is 4.38. The number of aromatic nitrogens is 1. The van der Waals surface area contributed by atoms with E-state index in [4.69, 9.17) is 16.0 Å². The molecule has 0 atom stereocenters. The molecule has 0 N–H and O–H groups in total. The Kier molecular flexibility index (Phi) is 1.97. The Morgan fingerprint density at radius 1 is 1.33 bits per heavy atom. The van der Waals surface area contributed by atoms with E-state index in [1.165, 1.54) is 0 Å². The molecule has 3 aromatic rings. The highest BCUT2D eigenvalue weighted by molar-refractivity contribution is 9.10. The topological polar surface area (TPSA) is 26.0 Å². The van der Waals surface area contributed by atoms with E-state index < -0.39 is 0 Å². The van der Waals surface area contributed by atoms with Crippen LogP contribution >= 0.6 is 27.5 Å². The minimum Gasteiger partial charge on any atom is -0.438 e. The number of hydrogen-bond acceptors (Lipinski definition) is 2. The summed E-state index contributed by atoms with van der Waals surface area (Å²) in [6.07, 6.45) is 1.71. The van der Waals surface area contributed by atoms with Gasteiger partial charge in [-0.2, -0.15) is 0 Å². The van der Waals surface area contributed by atoms with Crippen LogP contribution in [0.1, 0.15) is 0 Å². The third kappa shape index (κ3) is 1.34. The Labute approximate surface area is 99.0 Å². The van der Waals surface area contributed by atoms with E-state index in [2.05, 4.69) is 20.9 Å². The van der Waals surface area contributed by atoms with E-state index in [0.29, 0.717) is 10.7 Å². The Balaban J connectivity index is 2.61. The zero-order chi connectivity index (χ0) is 10.4. The molecule has 0 aliphatic rings. The molecule has 0 aliphatic carbocycles. The van der Waals surface area contributed by atoms with Crippen molar-refractivity contribution in [1.82, 2.24) is 4.98 Å². The second kappa shape index (κ2) is 3.22. The van der Waals surface area contributed by atoms with E-state index in [0.717, 1.165) is 20.8 Å². The van der Waals surface area contributed by atoms with Crippen LogP contribution in [0.3, 0.4) is 0 Å². The number of pyridine rings is 1. The summed E-state index contributed by atoms with van der Waals surface area (Å²) in [7, 11) is 0. The molecule has 3 rings (SSSR count). The molecule has 15 heavy (non-hydrogen) atoms. The number of fused-ring (bicyclic) bond motifs is 3. The van der Waals surface area contributed by atoms with Crippen LogP contribution in [-0.2, 0) is 0 Å². The van der Waals surface area contributed by atoms with Crippen LogP contribution in [0, 0.1) is 0 Å². The van der Waals surface area contributed by atoms with Gasteiger partial charge < -0.3 is 4.42 Å². The molecule has 0 unspecified atom stereocenters. The first-order valence-corrected chi connectivity index (χ1v) is 5.55. The average molecular weight is 283 g/mol. The van der Waals surface area contributed by atoms with Crippen LogP contribution < -0.4 is 0 Å². The summed E-state index contributed by atoms with van der Waals surface area (Å²) in [4.78, 5) is 4.16. The third-order valence-corrected chi connectivity index (χ3v) is 3.11. The first kappa shape index (κ1) is 9.19. The Hall–Kier alpha value is -1.06. The highest BCUT2D eigenvalue weighted by Crippen LogP contribution is 2.35. The highest BCUT2D eigenvalue weighted by Gasteiger charge is 2.10. The predicted octanol–water partition coefficient (Wildman–Crippen LogP) is 4.40. The SMILES string of the molecule is Clc1cc(Br)c2c(c1)oc1ncccc12. The molecule has 4 heteroatoms. The summed E-state index contributed by atoms with van der Waals surface area (Å²) in [6, 6.07) is 7.51. The number of rotatable bonds is 0. The van der Waals surface area contributed by atoms with Gasteiger partial charge in [-0.3, -0.25) is 0 Å². The van der Waals surface area contributed by atoms with Crippen LogP contribution in [0.5, 0.6) is 0 Å². The second-order valence-electron chi connectivity index (χ2n) is 3.22. The molecule has 0 spiro atoms. The summed E-state index contributed by atoms with van der Waals surface area (Å²) >= 11 is 9.42. The minimum absolute atomic E-state index is 0.635. The maximum Gasteiger partial charge on any atom is 0.227 e. The van der Waals surface area contributed by atoms with Crippen molar-refractivity contribution in [2.45, 2.75) is 0 Å². The lowest BCUT2D eigenvalue weighted by Crippen LogP contribution is -1.71. The van der Waals surface area contributed by atoms with Crippen molar-refractivity contribution in [3.8, 4) is 0 Å². The molecular weight excluding hydrogens is 277 g/mol. The van der Waals surface area contributed by atoms with Gasteiger partial charge >= 0.3 is 0 Å². The normalized spacial score (nSPS) is 11.3. The van der Waals surface area contributed by atoms with Crippen molar-refractivity contribution in [2.75, 3.05) is 0 Å². The van der Waals surface area contributed by atoms with E-state index in [1.807, 2.05) is 18.2 Å². The maximum atomic E-state index is 5.94. The standard InChI is InChI=1S/C11H5BrClNO/c12-8-4-6(13)5-9-10(8)7-2-1-3-14-11(7)15-9/h1-5H. The molecule has 0 saturated heterocycles. The van der Waals surface area contributed by atoms with E-state index in [1.54, 1.807) is 12.3 Å². The lowest BCUT2D eigenvalue weighted by atomic mass is 10.2. The van der Waals surface area contributed by atoms with Crippen molar-refractivity contribution in [3.63, 3.8) is 0 Å². The van der Waals surface area contributed by atoms with Gasteiger partial charge in [-0.15, -0.1) is 0 Å². The maximum absolute atomic E-state index is 5.94. The smallest absolute Gasteiger partial charge is 0.227 e. The van der Waals surface area contributed by atoms with Gasteiger partial charge in [-0.05, 0) is 34.1 Å². The van der Waals surface area contributed by atoms with Crippen molar-refractivity contribution >= 4 is 49.6 Å². The van der Waals surface area contributed by atoms with Crippen LogP contribution in [0.4, 0.5) is 0 Å². The van der Waals surface area contributed by atoms with Crippen molar-refractivity contribution in [3.05, 3.63) is 40.0 Å². The number of nitrogens with zero attached hydrogens (tertiary/aromatic N) is 1. The molecule has 0 radical (unpaired) electrons. The molecule has 0 fully saturated rings. The molecule has 2 nitrogen and oxygen atoms in total. The molecule has 2 heterocycles. The lowest BCUT2D eigenvalue weighted by molar-refractivity contribution is 0.654. The Morgan fingerprint density at radius 2 is 2.20 bits per heavy atom. The van der Waals surface area contributed by atoms with E-state index >= 15 is 0 Å². The van der Waals surface area contributed by atoms with Crippen LogP contribution in [0.15, 0.2) is 39.4 Å². The fourth-order valence-electron chi connectivity index (χ4n) is 1.66. The fraction of sp³-hybridized carbons (Fsp3) is 0. The Morgan fingerprint density at radius 3 is 3.07 bits per heavy atom. The van der Waals surface area contributed by atoms with Gasteiger partial charge in [0.1, 0.15) is 5.58 Å². The molecular formula is C11H5BrClNO. The van der Waals surface area contributed by atoms with Gasteiger partial charge in [-0.1, -0.05) is 11.6 Å². The minimum atomic E-state index is 0.635. The second-order valence-corrected chi connectivity index (χ2v) is 4.51. The summed E-state index contributed by atoms with van der Waals surface area (Å²) < 4.78 is 6.52. The van der Waals surface area contributed by atoms with Gasteiger partial charge in [0.2, 0.25) is 5.71 Å². The van der Waals surface area contributed by atoms with Gasteiger partial charge in [0.05, 0.1) is 0 Å². The third-order valence-electron chi connectivity index (χ3n) is 2.27. The van der Waals surface area contributed by atoms with Gasteiger partial charge in [0.15, 0.2) is 0 Å². The summed E-state index contributed by atoms with van der Waals surface area (Å²) in [5.41, 5.74) is 1.39. The van der Waals surface area contributed by atoms with Crippen LogP contribution in [0.25, 0.3) is 22.1 Å². The monoisotopic (exact) mass is 281 g/mol. The summed E-state index contributed by atoms with van der Waals surface area (Å²) in [5.74, 6) is 0. The quantitative estimate of drug-likeness (QED) is 0.611. The molecule has 2 aromatic heterocycles. The zero-order valence-corrected chi connectivity index (χ0v) is 9.84. The van der Waals surface area contributed by atoms with E-state index in [-0.39, 0.29) is 0 Å². The average Bonchev–Trinajstić information content (AvgIpc) is 2.54. The number of hydrogen-bond donors (Lipinski definition) is 0. The largest absolute Gasteiger partial charge is 0.438 e.